The van der Waals surface area contributed by atoms with E-state index in [0.717, 1.165) is 27.9 Å². The predicted octanol–water partition coefficient (Wildman–Crippen LogP) is 3.46. The van der Waals surface area contributed by atoms with Gasteiger partial charge in [0.1, 0.15) is 11.8 Å². The quantitative estimate of drug-likeness (QED) is 0.474. The summed E-state index contributed by atoms with van der Waals surface area (Å²) in [6.45, 7) is 3.41. The molecule has 0 aliphatic rings. The van der Waals surface area contributed by atoms with Crippen LogP contribution in [0.3, 0.4) is 0 Å². The van der Waals surface area contributed by atoms with Gasteiger partial charge >= 0.3 is 0 Å². The normalized spacial score (nSPS) is 12.7. The van der Waals surface area contributed by atoms with Gasteiger partial charge in [0.05, 0.1) is 38.8 Å². The average Bonchev–Trinajstić information content (AvgIpc) is 3.27. The number of ether oxygens (including phenoxy) is 3. The lowest BCUT2D eigenvalue weighted by Gasteiger charge is -2.17. The van der Waals surface area contributed by atoms with E-state index in [9.17, 15) is 9.90 Å². The molecule has 0 saturated heterocycles. The lowest BCUT2D eigenvalue weighted by molar-refractivity contribution is -0.119. The van der Waals surface area contributed by atoms with Crippen molar-refractivity contribution in [3.05, 3.63) is 41.3 Å². The molecule has 9 heteroatoms. The topological polar surface area (TPSA) is 116 Å². The Hall–Kier alpha value is -3.14. The van der Waals surface area contributed by atoms with Crippen LogP contribution in [0.4, 0.5) is 5.69 Å². The second-order valence-corrected chi connectivity index (χ2v) is 7.91. The Kier molecular flexibility index (Phi) is 7.34. The number of aryl methyl sites for hydroxylation is 1. The van der Waals surface area contributed by atoms with Crippen molar-refractivity contribution >= 4 is 23.1 Å². The van der Waals surface area contributed by atoms with Gasteiger partial charge in [0, 0.05) is 16.5 Å². The number of methoxy groups -OCH3 is 3. The zero-order valence-electron chi connectivity index (χ0n) is 18.6. The molecule has 32 heavy (non-hydrogen) atoms. The number of nitrogens with zero attached hydrogens (tertiary/aromatic N) is 1. The SMILES string of the molecule is COc1ccc(-c2csnc2-c2cc(C)c(OC)c(OC)c2)cc1NC(=O)[C@@H](N)C(C)O. The number of hydrogen-bond acceptors (Lipinski definition) is 8. The number of aliphatic hydroxyl groups excluding tert-OH is 1. The largest absolute Gasteiger partial charge is 0.495 e. The minimum atomic E-state index is -1.06. The average molecular weight is 458 g/mol. The van der Waals surface area contributed by atoms with Crippen molar-refractivity contribution < 1.29 is 24.1 Å². The molecule has 1 aromatic heterocycles. The summed E-state index contributed by atoms with van der Waals surface area (Å²) in [6.07, 6.45) is -0.981. The number of carbonyl (C=O) groups is 1. The Morgan fingerprint density at radius 2 is 1.81 bits per heavy atom. The first-order chi connectivity index (χ1) is 15.3. The van der Waals surface area contributed by atoms with Crippen LogP contribution in [0.5, 0.6) is 17.2 Å². The summed E-state index contributed by atoms with van der Waals surface area (Å²) in [6, 6.07) is 8.28. The van der Waals surface area contributed by atoms with E-state index >= 15 is 0 Å². The van der Waals surface area contributed by atoms with E-state index in [-0.39, 0.29) is 0 Å². The van der Waals surface area contributed by atoms with Gasteiger partial charge in [0.25, 0.3) is 0 Å². The van der Waals surface area contributed by atoms with Crippen molar-refractivity contribution in [3.63, 3.8) is 0 Å². The highest BCUT2D eigenvalue weighted by molar-refractivity contribution is 7.04. The molecule has 0 saturated carbocycles. The second-order valence-electron chi connectivity index (χ2n) is 7.28. The number of rotatable bonds is 8. The number of nitrogens with one attached hydrogen (secondary N) is 1. The molecule has 2 aromatic carbocycles. The first-order valence-corrected chi connectivity index (χ1v) is 10.7. The highest BCUT2D eigenvalue weighted by Crippen LogP contribution is 2.40. The van der Waals surface area contributed by atoms with Crippen molar-refractivity contribution in [1.82, 2.24) is 4.37 Å². The molecule has 0 aliphatic heterocycles. The van der Waals surface area contributed by atoms with Gasteiger partial charge in [-0.3, -0.25) is 4.79 Å². The van der Waals surface area contributed by atoms with Gasteiger partial charge in [-0.15, -0.1) is 0 Å². The van der Waals surface area contributed by atoms with Crippen LogP contribution in [0.1, 0.15) is 12.5 Å². The Morgan fingerprint density at radius 1 is 1.09 bits per heavy atom. The molecule has 0 spiro atoms. The van der Waals surface area contributed by atoms with Gasteiger partial charge in [-0.05, 0) is 60.8 Å². The van der Waals surface area contributed by atoms with Gasteiger partial charge in [0.15, 0.2) is 11.5 Å². The monoisotopic (exact) mass is 457 g/mol. The third-order valence-electron chi connectivity index (χ3n) is 5.10. The third kappa shape index (κ3) is 4.69. The molecule has 1 amide bonds. The Morgan fingerprint density at radius 3 is 2.44 bits per heavy atom. The summed E-state index contributed by atoms with van der Waals surface area (Å²) in [7, 11) is 4.72. The maximum atomic E-state index is 12.4. The number of anilines is 1. The molecule has 0 radical (unpaired) electrons. The van der Waals surface area contributed by atoms with Crippen LogP contribution in [-0.2, 0) is 4.79 Å². The van der Waals surface area contributed by atoms with Crippen molar-refractivity contribution in [3.8, 4) is 39.6 Å². The highest BCUT2D eigenvalue weighted by Gasteiger charge is 2.21. The number of hydrogen-bond donors (Lipinski definition) is 3. The van der Waals surface area contributed by atoms with E-state index in [1.165, 1.54) is 25.6 Å². The Bertz CT molecular complexity index is 1110. The van der Waals surface area contributed by atoms with Gasteiger partial charge in [0.2, 0.25) is 5.91 Å². The molecule has 0 bridgehead atoms. The molecule has 1 unspecified atom stereocenters. The molecule has 0 fully saturated rings. The lowest BCUT2D eigenvalue weighted by Crippen LogP contribution is -2.43. The first-order valence-electron chi connectivity index (χ1n) is 9.91. The lowest BCUT2D eigenvalue weighted by atomic mass is 9.99. The van der Waals surface area contributed by atoms with Crippen molar-refractivity contribution in [2.24, 2.45) is 5.73 Å². The van der Waals surface area contributed by atoms with Gasteiger partial charge in [-0.25, -0.2) is 0 Å². The molecule has 3 rings (SSSR count). The zero-order valence-corrected chi connectivity index (χ0v) is 19.4. The van der Waals surface area contributed by atoms with Gasteiger partial charge in [-0.1, -0.05) is 6.07 Å². The number of carbonyl (C=O) groups excluding carboxylic acids is 1. The maximum Gasteiger partial charge on any atom is 0.244 e. The smallest absolute Gasteiger partial charge is 0.244 e. The fourth-order valence-electron chi connectivity index (χ4n) is 3.35. The Labute approximate surface area is 191 Å². The number of aliphatic hydroxyl groups is 1. The summed E-state index contributed by atoms with van der Waals surface area (Å²) in [5, 5.41) is 14.3. The summed E-state index contributed by atoms with van der Waals surface area (Å²) in [4.78, 5) is 12.4. The van der Waals surface area contributed by atoms with Crippen LogP contribution < -0.4 is 25.3 Å². The molecule has 8 nitrogen and oxygen atoms in total. The van der Waals surface area contributed by atoms with Crippen LogP contribution in [-0.4, -0.2) is 48.9 Å². The molecule has 4 N–H and O–H groups in total. The maximum absolute atomic E-state index is 12.4. The minimum Gasteiger partial charge on any atom is -0.495 e. The number of amides is 1. The summed E-state index contributed by atoms with van der Waals surface area (Å²) in [5.74, 6) is 1.27. The van der Waals surface area contributed by atoms with Crippen LogP contribution in [0.2, 0.25) is 0 Å². The highest BCUT2D eigenvalue weighted by atomic mass is 32.1. The molecule has 0 aliphatic carbocycles. The van der Waals surface area contributed by atoms with E-state index in [0.29, 0.717) is 22.9 Å². The van der Waals surface area contributed by atoms with Crippen LogP contribution in [0.15, 0.2) is 35.7 Å². The standard InChI is InChI=1S/C23H27N3O5S/c1-12-8-15(10-19(30-4)22(12)31-5)21-16(11-32-26-21)14-6-7-18(29-3)17(9-14)25-23(28)20(24)13(2)27/h6-11,13,20,27H,24H2,1-5H3,(H,25,28)/t13?,20-/m0/s1. The van der Waals surface area contributed by atoms with Crippen molar-refractivity contribution in [2.45, 2.75) is 26.0 Å². The first kappa shape index (κ1) is 23.5. The number of nitrogens with two attached hydrogens (primary N) is 1. The van der Waals surface area contributed by atoms with Gasteiger partial charge in [-0.2, -0.15) is 4.37 Å². The fourth-order valence-corrected chi connectivity index (χ4v) is 4.06. The van der Waals surface area contributed by atoms with E-state index in [1.807, 2.05) is 30.5 Å². The molecular formula is C23H27N3O5S. The number of benzene rings is 2. The zero-order chi connectivity index (χ0) is 23.4. The molecule has 3 aromatic rings. The molecular weight excluding hydrogens is 430 g/mol. The van der Waals surface area contributed by atoms with E-state index in [2.05, 4.69) is 9.69 Å². The van der Waals surface area contributed by atoms with Crippen molar-refractivity contribution in [1.29, 1.82) is 0 Å². The fraction of sp³-hybridized carbons (Fsp3) is 0.304. The van der Waals surface area contributed by atoms with E-state index < -0.39 is 18.1 Å². The van der Waals surface area contributed by atoms with Gasteiger partial charge < -0.3 is 30.4 Å². The number of aromatic nitrogens is 1. The summed E-state index contributed by atoms with van der Waals surface area (Å²) >= 11 is 1.33. The molecule has 1 heterocycles. The summed E-state index contributed by atoms with van der Waals surface area (Å²) < 4.78 is 20.9. The predicted molar refractivity (Wildman–Crippen MR) is 126 cm³/mol. The van der Waals surface area contributed by atoms with Crippen molar-refractivity contribution in [2.75, 3.05) is 26.6 Å². The van der Waals surface area contributed by atoms with E-state index in [1.54, 1.807) is 26.4 Å². The van der Waals surface area contributed by atoms with Crippen LogP contribution in [0, 0.1) is 6.92 Å². The van der Waals surface area contributed by atoms with Crippen LogP contribution >= 0.6 is 11.5 Å². The third-order valence-corrected chi connectivity index (χ3v) is 5.73. The minimum absolute atomic E-state index is 0.451. The molecule has 170 valence electrons. The molecule has 2 atom stereocenters. The van der Waals surface area contributed by atoms with E-state index in [4.69, 9.17) is 19.9 Å². The Balaban J connectivity index is 2.04. The summed E-state index contributed by atoms with van der Waals surface area (Å²) in [5.41, 5.74) is 10.5. The second kappa shape index (κ2) is 9.99. The van der Waals surface area contributed by atoms with Crippen LogP contribution in [0.25, 0.3) is 22.4 Å².